The maximum absolute atomic E-state index is 4.69. The van der Waals surface area contributed by atoms with E-state index in [1.54, 1.807) is 11.8 Å². The Kier molecular flexibility index (Phi) is 3.72. The summed E-state index contributed by atoms with van der Waals surface area (Å²) in [5.74, 6) is 1.69. The molecule has 1 atom stereocenters. The Morgan fingerprint density at radius 3 is 2.71 bits per heavy atom. The number of thioether (sulfide) groups is 1. The van der Waals surface area contributed by atoms with Crippen LogP contribution in [0.25, 0.3) is 0 Å². The second kappa shape index (κ2) is 5.08. The average molecular weight is 249 g/mol. The molecule has 1 aromatic rings. The molecule has 92 valence electrons. The highest BCUT2D eigenvalue weighted by Gasteiger charge is 2.21. The second-order valence-electron chi connectivity index (χ2n) is 4.77. The van der Waals surface area contributed by atoms with Gasteiger partial charge in [0.25, 0.3) is 0 Å². The van der Waals surface area contributed by atoms with Crippen molar-refractivity contribution >= 4 is 22.6 Å². The Hall–Kier alpha value is -1.03. The Balaban J connectivity index is 2.09. The third-order valence-electron chi connectivity index (χ3n) is 2.91. The van der Waals surface area contributed by atoms with Crippen LogP contribution in [0.3, 0.4) is 0 Å². The lowest BCUT2D eigenvalue weighted by Gasteiger charge is -2.09. The zero-order valence-electron chi connectivity index (χ0n) is 10.8. The summed E-state index contributed by atoms with van der Waals surface area (Å²) in [4.78, 5) is 9.13. The van der Waals surface area contributed by atoms with Crippen LogP contribution in [0.5, 0.6) is 0 Å². The standard InChI is InChI=1S/C13H19N3S/c1-8(2)12-7-17-13(16-12)15-11-6-5-9(3)14-10(11)4/h5-6,8,12H,7H2,1-4H3,(H,15,16). The largest absolute Gasteiger partial charge is 0.333 e. The third-order valence-corrected chi connectivity index (χ3v) is 3.90. The second-order valence-corrected chi connectivity index (χ2v) is 5.78. The molecule has 4 heteroatoms. The molecule has 0 bridgehead atoms. The van der Waals surface area contributed by atoms with E-state index in [0.717, 1.165) is 28.0 Å². The summed E-state index contributed by atoms with van der Waals surface area (Å²) in [6.07, 6.45) is 0. The molecule has 1 N–H and O–H groups in total. The number of nitrogens with one attached hydrogen (secondary N) is 1. The first-order chi connectivity index (χ1) is 8.06. The first kappa shape index (κ1) is 12.4. The van der Waals surface area contributed by atoms with Crippen molar-refractivity contribution in [2.24, 2.45) is 10.9 Å². The summed E-state index contributed by atoms with van der Waals surface area (Å²) in [5.41, 5.74) is 3.14. The van der Waals surface area contributed by atoms with Crippen molar-refractivity contribution < 1.29 is 0 Å². The van der Waals surface area contributed by atoms with E-state index in [0.29, 0.717) is 12.0 Å². The number of anilines is 1. The fraction of sp³-hybridized carbons (Fsp3) is 0.538. The van der Waals surface area contributed by atoms with Gasteiger partial charge < -0.3 is 5.32 Å². The molecule has 3 nitrogen and oxygen atoms in total. The van der Waals surface area contributed by atoms with Gasteiger partial charge in [0, 0.05) is 11.4 Å². The lowest BCUT2D eigenvalue weighted by atomic mass is 10.1. The van der Waals surface area contributed by atoms with Crippen molar-refractivity contribution in [1.29, 1.82) is 0 Å². The molecule has 1 aliphatic rings. The molecule has 0 radical (unpaired) electrons. The van der Waals surface area contributed by atoms with Crippen LogP contribution in [0.1, 0.15) is 25.2 Å². The molecule has 17 heavy (non-hydrogen) atoms. The number of aromatic nitrogens is 1. The average Bonchev–Trinajstić information content (AvgIpc) is 2.71. The molecule has 0 saturated carbocycles. The number of aliphatic imine (C=N–C) groups is 1. The van der Waals surface area contributed by atoms with Crippen molar-refractivity contribution in [3.05, 3.63) is 23.5 Å². The van der Waals surface area contributed by atoms with Crippen LogP contribution in [0.15, 0.2) is 17.1 Å². The Morgan fingerprint density at radius 1 is 1.35 bits per heavy atom. The van der Waals surface area contributed by atoms with E-state index in [4.69, 9.17) is 0 Å². The lowest BCUT2D eigenvalue weighted by Crippen LogP contribution is -2.12. The van der Waals surface area contributed by atoms with Gasteiger partial charge in [-0.1, -0.05) is 25.6 Å². The van der Waals surface area contributed by atoms with Crippen LogP contribution in [-0.2, 0) is 0 Å². The van der Waals surface area contributed by atoms with Gasteiger partial charge in [-0.25, -0.2) is 0 Å². The predicted molar refractivity (Wildman–Crippen MR) is 75.9 cm³/mol. The van der Waals surface area contributed by atoms with Crippen molar-refractivity contribution in [2.45, 2.75) is 33.7 Å². The zero-order chi connectivity index (χ0) is 12.4. The quantitative estimate of drug-likeness (QED) is 0.874. The topological polar surface area (TPSA) is 37.3 Å². The number of hydrogen-bond donors (Lipinski definition) is 1. The summed E-state index contributed by atoms with van der Waals surface area (Å²) in [7, 11) is 0. The van der Waals surface area contributed by atoms with Gasteiger partial charge in [0.05, 0.1) is 17.4 Å². The molecule has 0 aromatic carbocycles. The van der Waals surface area contributed by atoms with Gasteiger partial charge >= 0.3 is 0 Å². The zero-order valence-corrected chi connectivity index (χ0v) is 11.6. The molecular formula is C13H19N3S. The van der Waals surface area contributed by atoms with Crippen LogP contribution in [0.2, 0.25) is 0 Å². The first-order valence-corrected chi connectivity index (χ1v) is 6.96. The van der Waals surface area contributed by atoms with E-state index in [1.165, 1.54) is 0 Å². The third kappa shape index (κ3) is 3.00. The highest BCUT2D eigenvalue weighted by molar-refractivity contribution is 8.14. The SMILES string of the molecule is Cc1ccc(NC2=NC(C(C)C)CS2)c(C)n1. The maximum atomic E-state index is 4.69. The minimum absolute atomic E-state index is 0.446. The summed E-state index contributed by atoms with van der Waals surface area (Å²) in [6.45, 7) is 8.47. The highest BCUT2D eigenvalue weighted by Crippen LogP contribution is 2.25. The van der Waals surface area contributed by atoms with Crippen LogP contribution in [0, 0.1) is 19.8 Å². The molecule has 0 aliphatic carbocycles. The number of rotatable bonds is 2. The number of amidine groups is 1. The fourth-order valence-electron chi connectivity index (χ4n) is 1.73. The van der Waals surface area contributed by atoms with Gasteiger partial charge in [0.15, 0.2) is 5.17 Å². The Bertz CT molecular complexity index is 440. The molecule has 1 aliphatic heterocycles. The van der Waals surface area contributed by atoms with Gasteiger partial charge in [-0.05, 0) is 31.9 Å². The van der Waals surface area contributed by atoms with Crippen LogP contribution in [0.4, 0.5) is 5.69 Å². The molecule has 2 heterocycles. The number of nitrogens with zero attached hydrogens (tertiary/aromatic N) is 2. The molecule has 1 unspecified atom stereocenters. The van der Waals surface area contributed by atoms with Gasteiger partial charge in [-0.2, -0.15) is 0 Å². The summed E-state index contributed by atoms with van der Waals surface area (Å²) in [5, 5.41) is 4.40. The normalized spacial score (nSPS) is 19.6. The number of pyridine rings is 1. The van der Waals surface area contributed by atoms with E-state index in [1.807, 2.05) is 19.9 Å². The smallest absolute Gasteiger partial charge is 0.161 e. The molecular weight excluding hydrogens is 230 g/mol. The van der Waals surface area contributed by atoms with Crippen molar-refractivity contribution in [3.63, 3.8) is 0 Å². The van der Waals surface area contributed by atoms with Gasteiger partial charge in [-0.15, -0.1) is 0 Å². The Labute approximate surface area is 107 Å². The number of hydrogen-bond acceptors (Lipinski definition) is 4. The van der Waals surface area contributed by atoms with Crippen LogP contribution >= 0.6 is 11.8 Å². The lowest BCUT2D eigenvalue weighted by molar-refractivity contribution is 0.543. The minimum atomic E-state index is 0.446. The maximum Gasteiger partial charge on any atom is 0.161 e. The monoisotopic (exact) mass is 249 g/mol. The van der Waals surface area contributed by atoms with Gasteiger partial charge in [-0.3, -0.25) is 9.98 Å². The van der Waals surface area contributed by atoms with Crippen molar-refractivity contribution in [3.8, 4) is 0 Å². The number of aryl methyl sites for hydroxylation is 2. The van der Waals surface area contributed by atoms with E-state index in [-0.39, 0.29) is 0 Å². The molecule has 2 rings (SSSR count). The molecule has 0 amide bonds. The van der Waals surface area contributed by atoms with Gasteiger partial charge in [0.2, 0.25) is 0 Å². The van der Waals surface area contributed by atoms with Gasteiger partial charge in [0.1, 0.15) is 0 Å². The summed E-state index contributed by atoms with van der Waals surface area (Å²) in [6, 6.07) is 4.54. The van der Waals surface area contributed by atoms with Crippen molar-refractivity contribution in [1.82, 2.24) is 4.98 Å². The highest BCUT2D eigenvalue weighted by atomic mass is 32.2. The van der Waals surface area contributed by atoms with E-state index < -0.39 is 0 Å². The predicted octanol–water partition coefficient (Wildman–Crippen LogP) is 3.24. The van der Waals surface area contributed by atoms with Crippen molar-refractivity contribution in [2.75, 3.05) is 11.1 Å². The molecule has 0 saturated heterocycles. The summed E-state index contributed by atoms with van der Waals surface area (Å²) < 4.78 is 0. The van der Waals surface area contributed by atoms with Crippen LogP contribution < -0.4 is 5.32 Å². The first-order valence-electron chi connectivity index (χ1n) is 5.98. The molecule has 0 fully saturated rings. The van der Waals surface area contributed by atoms with Crippen LogP contribution in [-0.4, -0.2) is 21.9 Å². The molecule has 0 spiro atoms. The van der Waals surface area contributed by atoms with E-state index >= 15 is 0 Å². The Morgan fingerprint density at radius 2 is 2.12 bits per heavy atom. The van der Waals surface area contributed by atoms with E-state index in [2.05, 4.69) is 35.2 Å². The fourth-order valence-corrected chi connectivity index (χ4v) is 2.91. The molecule has 1 aromatic heterocycles. The van der Waals surface area contributed by atoms with E-state index in [9.17, 15) is 0 Å². The minimum Gasteiger partial charge on any atom is -0.333 e. The summed E-state index contributed by atoms with van der Waals surface area (Å²) >= 11 is 1.80.